The second kappa shape index (κ2) is 14.0. The molecule has 0 fully saturated rings. The molecule has 54 heavy (non-hydrogen) atoms. The van der Waals surface area contributed by atoms with Crippen LogP contribution in [0.3, 0.4) is 0 Å². The Morgan fingerprint density at radius 3 is 1.63 bits per heavy atom. The van der Waals surface area contributed by atoms with Gasteiger partial charge in [-0.3, -0.25) is 0 Å². The molecule has 0 unspecified atom stereocenters. The molecule has 1 aliphatic rings. The SMILES string of the molecule is Cc1ccc(C(=Cc2ccc(N(c3ccc(C=C4c5ccccc5-c5ccccc54)cc3)c3cccc(F)c3)c3ccccc23)c2ccc(C)cc2)cc1. The maximum Gasteiger partial charge on any atom is 0.125 e. The molecule has 9 rings (SSSR count). The van der Waals surface area contributed by atoms with Crippen LogP contribution in [0.5, 0.6) is 0 Å². The molecule has 0 saturated carbocycles. The van der Waals surface area contributed by atoms with Crippen LogP contribution < -0.4 is 4.90 Å². The van der Waals surface area contributed by atoms with Crippen molar-refractivity contribution >= 4 is 51.1 Å². The van der Waals surface area contributed by atoms with E-state index in [-0.39, 0.29) is 5.82 Å². The minimum Gasteiger partial charge on any atom is -0.310 e. The summed E-state index contributed by atoms with van der Waals surface area (Å²) in [5, 5.41) is 2.20. The Morgan fingerprint density at radius 1 is 0.481 bits per heavy atom. The van der Waals surface area contributed by atoms with Crippen LogP contribution in [0, 0.1) is 19.7 Å². The van der Waals surface area contributed by atoms with Gasteiger partial charge >= 0.3 is 0 Å². The summed E-state index contributed by atoms with van der Waals surface area (Å²) in [5.41, 5.74) is 17.1. The van der Waals surface area contributed by atoms with E-state index in [1.807, 2.05) is 6.07 Å². The zero-order chi connectivity index (χ0) is 36.6. The van der Waals surface area contributed by atoms with Gasteiger partial charge in [-0.1, -0.05) is 157 Å². The highest BCUT2D eigenvalue weighted by Gasteiger charge is 2.23. The molecule has 0 N–H and O–H groups in total. The van der Waals surface area contributed by atoms with Gasteiger partial charge in [0.2, 0.25) is 0 Å². The molecular formula is C52H38FN. The minimum atomic E-state index is -0.276. The Hall–Kier alpha value is -6.77. The van der Waals surface area contributed by atoms with Crippen LogP contribution in [0.4, 0.5) is 21.5 Å². The van der Waals surface area contributed by atoms with Crippen molar-refractivity contribution in [3.8, 4) is 11.1 Å². The lowest BCUT2D eigenvalue weighted by Crippen LogP contribution is -2.11. The first kappa shape index (κ1) is 33.1. The zero-order valence-corrected chi connectivity index (χ0v) is 30.3. The molecule has 0 amide bonds. The van der Waals surface area contributed by atoms with Crippen LogP contribution >= 0.6 is 0 Å². The van der Waals surface area contributed by atoms with E-state index >= 15 is 0 Å². The highest BCUT2D eigenvalue weighted by molar-refractivity contribution is 6.07. The van der Waals surface area contributed by atoms with Crippen LogP contribution in [0.25, 0.3) is 45.2 Å². The largest absolute Gasteiger partial charge is 0.310 e. The Bertz CT molecular complexity index is 2620. The molecular weight excluding hydrogens is 658 g/mol. The van der Waals surface area contributed by atoms with Crippen molar-refractivity contribution in [1.82, 2.24) is 0 Å². The molecule has 0 bridgehead atoms. The number of rotatable bonds is 7. The van der Waals surface area contributed by atoms with Crippen molar-refractivity contribution in [3.05, 3.63) is 232 Å². The minimum absolute atomic E-state index is 0.276. The van der Waals surface area contributed by atoms with E-state index < -0.39 is 0 Å². The maximum atomic E-state index is 14.9. The van der Waals surface area contributed by atoms with Crippen LogP contribution in [0.15, 0.2) is 182 Å². The van der Waals surface area contributed by atoms with Crippen molar-refractivity contribution in [2.75, 3.05) is 4.90 Å². The third-order valence-corrected chi connectivity index (χ3v) is 10.5. The summed E-state index contributed by atoms with van der Waals surface area (Å²) in [4.78, 5) is 2.16. The predicted molar refractivity (Wildman–Crippen MR) is 227 cm³/mol. The van der Waals surface area contributed by atoms with Crippen LogP contribution in [-0.2, 0) is 0 Å². The molecule has 1 aliphatic carbocycles. The molecule has 0 atom stereocenters. The first-order valence-electron chi connectivity index (χ1n) is 18.4. The van der Waals surface area contributed by atoms with Crippen LogP contribution in [0.1, 0.15) is 44.5 Å². The van der Waals surface area contributed by atoms with Gasteiger partial charge in [0.15, 0.2) is 0 Å². The number of hydrogen-bond donors (Lipinski definition) is 0. The first-order chi connectivity index (χ1) is 26.5. The number of fused-ring (bicyclic) bond motifs is 4. The molecule has 0 heterocycles. The average molecular weight is 696 g/mol. The molecule has 8 aromatic rings. The summed E-state index contributed by atoms with van der Waals surface area (Å²) in [7, 11) is 0. The molecule has 0 saturated heterocycles. The fourth-order valence-electron chi connectivity index (χ4n) is 7.72. The summed E-state index contributed by atoms with van der Waals surface area (Å²) in [6.07, 6.45) is 4.58. The van der Waals surface area contributed by atoms with E-state index in [1.54, 1.807) is 12.1 Å². The van der Waals surface area contributed by atoms with Gasteiger partial charge in [0, 0.05) is 16.8 Å². The highest BCUT2D eigenvalue weighted by Crippen LogP contribution is 2.45. The van der Waals surface area contributed by atoms with Gasteiger partial charge < -0.3 is 4.90 Å². The predicted octanol–water partition coefficient (Wildman–Crippen LogP) is 14.2. The topological polar surface area (TPSA) is 3.24 Å². The van der Waals surface area contributed by atoms with E-state index in [2.05, 4.69) is 189 Å². The van der Waals surface area contributed by atoms with Gasteiger partial charge in [0.1, 0.15) is 5.82 Å². The highest BCUT2D eigenvalue weighted by atomic mass is 19.1. The number of halogens is 1. The lowest BCUT2D eigenvalue weighted by Gasteiger charge is -2.27. The smallest absolute Gasteiger partial charge is 0.125 e. The van der Waals surface area contributed by atoms with Crippen LogP contribution in [0.2, 0.25) is 0 Å². The van der Waals surface area contributed by atoms with Crippen molar-refractivity contribution in [3.63, 3.8) is 0 Å². The van der Waals surface area contributed by atoms with Crippen molar-refractivity contribution < 1.29 is 4.39 Å². The quantitative estimate of drug-likeness (QED) is 0.150. The Morgan fingerprint density at radius 2 is 1.04 bits per heavy atom. The second-order valence-electron chi connectivity index (χ2n) is 14.1. The molecule has 1 nitrogen and oxygen atoms in total. The normalized spacial score (nSPS) is 11.6. The van der Waals surface area contributed by atoms with Gasteiger partial charge in [0.25, 0.3) is 0 Å². The van der Waals surface area contributed by atoms with E-state index in [0.29, 0.717) is 0 Å². The maximum absolute atomic E-state index is 14.9. The lowest BCUT2D eigenvalue weighted by molar-refractivity contribution is 0.628. The molecule has 2 heteroatoms. The number of nitrogens with zero attached hydrogens (tertiary/aromatic N) is 1. The van der Waals surface area contributed by atoms with Crippen molar-refractivity contribution in [1.29, 1.82) is 0 Å². The summed E-state index contributed by atoms with van der Waals surface area (Å²) >= 11 is 0. The number of anilines is 3. The third-order valence-electron chi connectivity index (χ3n) is 10.5. The Labute approximate surface area is 316 Å². The Kier molecular flexibility index (Phi) is 8.57. The summed E-state index contributed by atoms with van der Waals surface area (Å²) in [6, 6.07) is 63.1. The van der Waals surface area contributed by atoms with E-state index in [9.17, 15) is 4.39 Å². The standard InChI is InChI=1S/C52H38FN/c1-35-18-24-38(25-19-35)50(39-26-20-36(2)21-27-39)33-40-28-31-52(49-17-8-3-12-44(40)49)54(43-11-9-10-41(53)34-43)42-29-22-37(23-30-42)32-51-47-15-6-4-13-45(47)46-14-5-7-16-48(46)51/h3-34H,1-2H3. The van der Waals surface area contributed by atoms with Gasteiger partial charge in [-0.05, 0) is 123 Å². The van der Waals surface area contributed by atoms with Crippen LogP contribution in [-0.4, -0.2) is 0 Å². The Balaban J connectivity index is 1.16. The molecule has 8 aromatic carbocycles. The third kappa shape index (κ3) is 6.22. The molecule has 0 aliphatic heterocycles. The summed E-state index contributed by atoms with van der Waals surface area (Å²) in [6.45, 7) is 4.24. The average Bonchev–Trinajstić information content (AvgIpc) is 3.52. The van der Waals surface area contributed by atoms with Gasteiger partial charge in [-0.15, -0.1) is 0 Å². The van der Waals surface area contributed by atoms with E-state index in [1.165, 1.54) is 56.1 Å². The first-order valence-corrected chi connectivity index (χ1v) is 18.4. The lowest BCUT2D eigenvalue weighted by atomic mass is 9.92. The van der Waals surface area contributed by atoms with Crippen molar-refractivity contribution in [2.45, 2.75) is 13.8 Å². The fourth-order valence-corrected chi connectivity index (χ4v) is 7.72. The fraction of sp³-hybridized carbons (Fsp3) is 0.0385. The summed E-state index contributed by atoms with van der Waals surface area (Å²) in [5.74, 6) is -0.276. The monoisotopic (exact) mass is 695 g/mol. The number of hydrogen-bond acceptors (Lipinski definition) is 1. The van der Waals surface area contributed by atoms with Gasteiger partial charge in [-0.25, -0.2) is 4.39 Å². The molecule has 0 aromatic heterocycles. The molecule has 0 radical (unpaired) electrons. The zero-order valence-electron chi connectivity index (χ0n) is 30.3. The molecule has 0 spiro atoms. The second-order valence-corrected chi connectivity index (χ2v) is 14.1. The van der Waals surface area contributed by atoms with Gasteiger partial charge in [0.05, 0.1) is 5.69 Å². The summed E-state index contributed by atoms with van der Waals surface area (Å²) < 4.78 is 14.9. The van der Waals surface area contributed by atoms with E-state index in [0.717, 1.165) is 44.5 Å². The van der Waals surface area contributed by atoms with E-state index in [4.69, 9.17) is 0 Å². The van der Waals surface area contributed by atoms with Gasteiger partial charge in [-0.2, -0.15) is 0 Å². The molecule has 258 valence electrons. The van der Waals surface area contributed by atoms with Crippen molar-refractivity contribution in [2.24, 2.45) is 0 Å². The number of benzene rings is 8. The number of aryl methyl sites for hydroxylation is 2.